The third-order valence-corrected chi connectivity index (χ3v) is 6.25. The molecule has 0 spiro atoms. The van der Waals surface area contributed by atoms with Crippen LogP contribution in [0.2, 0.25) is 0 Å². The summed E-state index contributed by atoms with van der Waals surface area (Å²) < 4.78 is 0. The van der Waals surface area contributed by atoms with Crippen LogP contribution in [-0.4, -0.2) is 21.9 Å². The molecule has 0 aromatic heterocycles. The average Bonchev–Trinajstić information content (AvgIpc) is 2.71. The molecule has 0 aromatic rings. The summed E-state index contributed by atoms with van der Waals surface area (Å²) in [6, 6.07) is 0. The van der Waals surface area contributed by atoms with Crippen LogP contribution >= 0.6 is 0 Å². The van der Waals surface area contributed by atoms with E-state index in [2.05, 4.69) is 26.5 Å². The molecule has 2 aliphatic carbocycles. The topological polar surface area (TPSA) is 40.5 Å². The van der Waals surface area contributed by atoms with Gasteiger partial charge < -0.3 is 10.2 Å². The van der Waals surface area contributed by atoms with E-state index in [1.165, 1.54) is 5.57 Å². The Morgan fingerprint density at radius 3 is 2.59 bits per heavy atom. The number of hydrogen-bond donors (Lipinski definition) is 2. The highest BCUT2D eigenvalue weighted by Gasteiger charge is 2.50. The van der Waals surface area contributed by atoms with Crippen molar-refractivity contribution in [1.82, 2.24) is 0 Å². The highest BCUT2D eigenvalue weighted by molar-refractivity contribution is 5.11. The number of rotatable bonds is 1. The average molecular weight is 306 g/mol. The molecule has 126 valence electrons. The second-order valence-electron chi connectivity index (χ2n) is 8.57. The number of aliphatic hydroxyl groups is 2. The van der Waals surface area contributed by atoms with Gasteiger partial charge >= 0.3 is 0 Å². The van der Waals surface area contributed by atoms with Gasteiger partial charge in [-0.3, -0.25) is 0 Å². The molecule has 2 heteroatoms. The molecule has 0 aliphatic heterocycles. The zero-order chi connectivity index (χ0) is 16.5. The van der Waals surface area contributed by atoms with Crippen LogP contribution < -0.4 is 0 Å². The maximum absolute atomic E-state index is 10.6. The summed E-state index contributed by atoms with van der Waals surface area (Å²) in [6.07, 6.45) is 8.94. The fraction of sp³-hybridized carbons (Fsp3) is 0.800. The normalized spacial score (nSPS) is 40.5. The molecule has 2 rings (SSSR count). The quantitative estimate of drug-likeness (QED) is 0.694. The molecule has 0 amide bonds. The summed E-state index contributed by atoms with van der Waals surface area (Å²) in [6.45, 7) is 12.5. The molecule has 2 N–H and O–H groups in total. The zero-order valence-corrected chi connectivity index (χ0v) is 14.9. The van der Waals surface area contributed by atoms with Crippen LogP contribution in [0.3, 0.4) is 0 Å². The minimum absolute atomic E-state index is 0.109. The number of aliphatic hydroxyl groups excluding tert-OH is 1. The molecule has 2 aliphatic rings. The molecule has 0 heterocycles. The van der Waals surface area contributed by atoms with Crippen LogP contribution in [0.25, 0.3) is 0 Å². The summed E-state index contributed by atoms with van der Waals surface area (Å²) >= 11 is 0. The summed E-state index contributed by atoms with van der Waals surface area (Å²) in [5.41, 5.74) is 1.88. The van der Waals surface area contributed by atoms with Crippen molar-refractivity contribution in [3.8, 4) is 0 Å². The van der Waals surface area contributed by atoms with Crippen LogP contribution in [0.5, 0.6) is 0 Å². The van der Waals surface area contributed by atoms with Crippen molar-refractivity contribution >= 4 is 0 Å². The molecule has 0 saturated heterocycles. The van der Waals surface area contributed by atoms with Crippen LogP contribution in [0.1, 0.15) is 72.6 Å². The molecule has 22 heavy (non-hydrogen) atoms. The Balaban J connectivity index is 2.30. The van der Waals surface area contributed by atoms with Crippen LogP contribution in [-0.2, 0) is 0 Å². The molecule has 1 saturated carbocycles. The third kappa shape index (κ3) is 3.83. The lowest BCUT2D eigenvalue weighted by molar-refractivity contribution is -0.0226. The lowest BCUT2D eigenvalue weighted by Crippen LogP contribution is -2.38. The van der Waals surface area contributed by atoms with E-state index in [1.807, 2.05) is 13.8 Å². The van der Waals surface area contributed by atoms with E-state index >= 15 is 0 Å². The minimum atomic E-state index is -0.637. The van der Waals surface area contributed by atoms with E-state index in [1.54, 1.807) is 0 Å². The van der Waals surface area contributed by atoms with Crippen molar-refractivity contribution in [2.24, 2.45) is 17.3 Å². The summed E-state index contributed by atoms with van der Waals surface area (Å²) in [5, 5.41) is 21.2. The van der Waals surface area contributed by atoms with Crippen molar-refractivity contribution in [1.29, 1.82) is 0 Å². The van der Waals surface area contributed by atoms with E-state index in [4.69, 9.17) is 0 Å². The second-order valence-corrected chi connectivity index (χ2v) is 8.57. The molecule has 4 atom stereocenters. The summed E-state index contributed by atoms with van der Waals surface area (Å²) in [5.74, 6) is 0.794. The molecule has 0 bridgehead atoms. The number of allylic oxidation sites excluding steroid dienone is 2. The molecule has 1 fully saturated rings. The SMILES string of the molecule is C=C1CC/C=C(\C)CC[C@H]2[C@H](C(C)(C)O)CC[C@]2(C)C[C@H]1O. The molecule has 0 unspecified atom stereocenters. The Labute approximate surface area is 136 Å². The van der Waals surface area contributed by atoms with E-state index in [9.17, 15) is 10.2 Å². The van der Waals surface area contributed by atoms with E-state index in [0.717, 1.165) is 50.5 Å². The van der Waals surface area contributed by atoms with Gasteiger partial charge in [-0.25, -0.2) is 0 Å². The zero-order valence-electron chi connectivity index (χ0n) is 14.9. The fourth-order valence-electron chi connectivity index (χ4n) is 4.75. The maximum atomic E-state index is 10.6. The Hall–Kier alpha value is -0.600. The fourth-order valence-corrected chi connectivity index (χ4v) is 4.75. The first kappa shape index (κ1) is 17.7. The Morgan fingerprint density at radius 1 is 1.27 bits per heavy atom. The lowest BCUT2D eigenvalue weighted by atomic mass is 9.67. The molecular weight excluding hydrogens is 272 g/mol. The van der Waals surface area contributed by atoms with Crippen molar-refractivity contribution in [3.63, 3.8) is 0 Å². The predicted octanol–water partition coefficient (Wildman–Crippen LogP) is 4.62. The first-order chi connectivity index (χ1) is 10.1. The molecule has 2 nitrogen and oxygen atoms in total. The smallest absolute Gasteiger partial charge is 0.0752 e. The second kappa shape index (κ2) is 6.49. The van der Waals surface area contributed by atoms with Gasteiger partial charge in [0.2, 0.25) is 0 Å². The minimum Gasteiger partial charge on any atom is -0.390 e. The molecule has 0 aromatic carbocycles. The number of hydrogen-bond acceptors (Lipinski definition) is 2. The van der Waals surface area contributed by atoms with Gasteiger partial charge in [-0.05, 0) is 88.5 Å². The summed E-state index contributed by atoms with van der Waals surface area (Å²) in [4.78, 5) is 0. The highest BCUT2D eigenvalue weighted by atomic mass is 16.3. The van der Waals surface area contributed by atoms with Gasteiger partial charge in [0, 0.05) is 0 Å². The van der Waals surface area contributed by atoms with Crippen molar-refractivity contribution in [2.75, 3.05) is 0 Å². The van der Waals surface area contributed by atoms with Gasteiger partial charge in [-0.1, -0.05) is 25.2 Å². The Kier molecular flexibility index (Phi) is 5.23. The molecule has 0 radical (unpaired) electrons. The largest absolute Gasteiger partial charge is 0.390 e. The third-order valence-electron chi connectivity index (χ3n) is 6.25. The van der Waals surface area contributed by atoms with Crippen molar-refractivity contribution in [3.05, 3.63) is 23.8 Å². The molecular formula is C20H34O2. The first-order valence-corrected chi connectivity index (χ1v) is 8.87. The lowest BCUT2D eigenvalue weighted by Gasteiger charge is -2.40. The predicted molar refractivity (Wildman–Crippen MR) is 92.6 cm³/mol. The van der Waals surface area contributed by atoms with E-state index < -0.39 is 11.7 Å². The van der Waals surface area contributed by atoms with Gasteiger partial charge in [-0.2, -0.15) is 0 Å². The van der Waals surface area contributed by atoms with Gasteiger partial charge in [0.1, 0.15) is 0 Å². The van der Waals surface area contributed by atoms with Gasteiger partial charge in [0.15, 0.2) is 0 Å². The monoisotopic (exact) mass is 306 g/mol. The van der Waals surface area contributed by atoms with Crippen LogP contribution in [0.4, 0.5) is 0 Å². The van der Waals surface area contributed by atoms with Crippen molar-refractivity contribution in [2.45, 2.75) is 84.3 Å². The Morgan fingerprint density at radius 2 is 1.95 bits per heavy atom. The maximum Gasteiger partial charge on any atom is 0.0752 e. The number of fused-ring (bicyclic) bond motifs is 1. The van der Waals surface area contributed by atoms with Gasteiger partial charge in [0.25, 0.3) is 0 Å². The summed E-state index contributed by atoms with van der Waals surface area (Å²) in [7, 11) is 0. The van der Waals surface area contributed by atoms with Gasteiger partial charge in [0.05, 0.1) is 11.7 Å². The standard InChI is InChI=1S/C20H34O2/c1-14-7-6-8-15(2)18(21)13-20(5)12-11-16(19(3,4)22)17(20)10-9-14/h7,16-18,21-22H,2,6,8-13H2,1,3-5H3/b14-7+/t16-,17+,18-,20-/m1/s1. The van der Waals surface area contributed by atoms with Gasteiger partial charge in [-0.15, -0.1) is 0 Å². The van der Waals surface area contributed by atoms with E-state index in [-0.39, 0.29) is 5.41 Å². The van der Waals surface area contributed by atoms with Crippen LogP contribution in [0, 0.1) is 17.3 Å². The first-order valence-electron chi connectivity index (χ1n) is 8.87. The van der Waals surface area contributed by atoms with E-state index in [0.29, 0.717) is 11.8 Å². The van der Waals surface area contributed by atoms with Crippen LogP contribution in [0.15, 0.2) is 23.8 Å². The van der Waals surface area contributed by atoms with Crippen molar-refractivity contribution < 1.29 is 10.2 Å². The highest BCUT2D eigenvalue weighted by Crippen LogP contribution is 2.55. The Bertz CT molecular complexity index is 443.